The number of carboxylic acids is 2. The van der Waals surface area contributed by atoms with Gasteiger partial charge in [0.25, 0.3) is 0 Å². The summed E-state index contributed by atoms with van der Waals surface area (Å²) in [5.41, 5.74) is 0. The molecule has 0 aliphatic carbocycles. The first-order valence-corrected chi connectivity index (χ1v) is 3.02. The fourth-order valence-electron chi connectivity index (χ4n) is 0.539. The first-order valence-electron chi connectivity index (χ1n) is 3.02. The van der Waals surface area contributed by atoms with Gasteiger partial charge < -0.3 is 25.3 Å². The van der Waals surface area contributed by atoms with E-state index in [1.165, 1.54) is 0 Å². The van der Waals surface area contributed by atoms with E-state index in [-0.39, 0.29) is 77.4 Å². The van der Waals surface area contributed by atoms with Crippen LogP contribution in [0.25, 0.3) is 0 Å². The van der Waals surface area contributed by atoms with Gasteiger partial charge in [0.05, 0.1) is 0 Å². The number of carboxylic acid groups (broad SMARTS) is 2. The third kappa shape index (κ3) is 24.6. The van der Waals surface area contributed by atoms with Crippen molar-refractivity contribution in [1.82, 2.24) is 0 Å². The van der Waals surface area contributed by atoms with Crippen LogP contribution in [0.2, 0.25) is 0 Å². The van der Waals surface area contributed by atoms with Gasteiger partial charge in [0.1, 0.15) is 0 Å². The molecule has 0 aromatic carbocycles. The molecule has 0 rings (SSSR count). The first-order chi connectivity index (χ1) is 4.63. The summed E-state index contributed by atoms with van der Waals surface area (Å²) < 4.78 is 0. The van der Waals surface area contributed by atoms with Gasteiger partial charge in [0, 0.05) is 11.9 Å². The van der Waals surface area contributed by atoms with E-state index in [2.05, 4.69) is 0 Å². The summed E-state index contributed by atoms with van der Waals surface area (Å²) >= 11 is 0. The maximum absolute atomic E-state index is 9.77. The molecule has 0 fully saturated rings. The van der Waals surface area contributed by atoms with Crippen molar-refractivity contribution in [2.45, 2.75) is 25.7 Å². The van der Waals surface area contributed by atoms with Crippen molar-refractivity contribution in [3.8, 4) is 0 Å². The second-order valence-electron chi connectivity index (χ2n) is 1.95. The number of carbonyl (C=O) groups is 2. The normalized spacial score (nSPS) is 7.08. The molecule has 7 heteroatoms. The molecule has 0 radical (unpaired) electrons. The maximum atomic E-state index is 9.77. The molecule has 0 spiro atoms. The van der Waals surface area contributed by atoms with Crippen molar-refractivity contribution in [3.05, 3.63) is 0 Å². The van der Waals surface area contributed by atoms with Crippen LogP contribution in [0.15, 0.2) is 0 Å². The fourth-order valence-corrected chi connectivity index (χ4v) is 0.539. The summed E-state index contributed by atoms with van der Waals surface area (Å²) in [4.78, 5) is 19.5. The van der Waals surface area contributed by atoms with Gasteiger partial charge in [-0.3, -0.25) is 0 Å². The first kappa shape index (κ1) is 23.6. The van der Waals surface area contributed by atoms with Crippen LogP contribution < -0.4 is 69.3 Å². The molecule has 0 aliphatic heterocycles. The summed E-state index contributed by atoms with van der Waals surface area (Å²) in [5.74, 6) is -2.28. The van der Waals surface area contributed by atoms with Crippen molar-refractivity contribution in [3.63, 3.8) is 0 Å². The van der Waals surface area contributed by atoms with Crippen LogP contribution in [-0.2, 0) is 9.59 Å². The van der Waals surface area contributed by atoms with Gasteiger partial charge in [0.15, 0.2) is 0 Å². The summed E-state index contributed by atoms with van der Waals surface area (Å²) in [6, 6.07) is 0. The Bertz CT molecular complexity index is 123. The summed E-state index contributed by atoms with van der Waals surface area (Å²) in [5, 5.41) is 19.5. The molecule has 2 N–H and O–H groups in total. The van der Waals surface area contributed by atoms with E-state index in [9.17, 15) is 19.8 Å². The number of unbranched alkanes of at least 4 members (excludes halogenated alkanes) is 1. The molecule has 0 saturated heterocycles. The van der Waals surface area contributed by atoms with Crippen LogP contribution in [0.4, 0.5) is 0 Å². The van der Waals surface area contributed by atoms with Gasteiger partial charge in [0.2, 0.25) is 0 Å². The Morgan fingerprint density at radius 1 is 0.846 bits per heavy atom. The number of hydrogen-bond acceptors (Lipinski definition) is 4. The monoisotopic (exact) mass is 208 g/mol. The molecule has 0 unspecified atom stereocenters. The zero-order valence-corrected chi connectivity index (χ0v) is 12.0. The van der Waals surface area contributed by atoms with E-state index in [0.29, 0.717) is 12.8 Å². The van der Waals surface area contributed by atoms with Crippen LogP contribution >= 0.6 is 0 Å². The summed E-state index contributed by atoms with van der Waals surface area (Å²) in [7, 11) is 0. The maximum Gasteiger partial charge on any atom is 1.00 e. The molecule has 0 heterocycles. The Hall–Kier alpha value is 0.900. The Morgan fingerprint density at radius 3 is 1.23 bits per heavy atom. The fraction of sp³-hybridized carbons (Fsp3) is 0.667. The Morgan fingerprint density at radius 2 is 1.08 bits per heavy atom. The molecular formula is C6H10Na2O5. The molecule has 5 nitrogen and oxygen atoms in total. The molecule has 0 atom stereocenters. The minimum Gasteiger partial charge on any atom is -0.550 e. The largest absolute Gasteiger partial charge is 1.00 e. The molecule has 0 aromatic rings. The van der Waals surface area contributed by atoms with Crippen molar-refractivity contribution in [2.24, 2.45) is 0 Å². The van der Waals surface area contributed by atoms with Crippen LogP contribution in [-0.4, -0.2) is 17.4 Å². The zero-order chi connectivity index (χ0) is 7.98. The SMILES string of the molecule is O.O=C([O-])CCCCC(=O)[O-].[Na+].[Na+]. The Labute approximate surface area is 121 Å². The average molecular weight is 208 g/mol. The number of aliphatic carboxylic acids is 2. The van der Waals surface area contributed by atoms with Crippen molar-refractivity contribution >= 4 is 11.9 Å². The topological polar surface area (TPSA) is 112 Å². The molecule has 0 aliphatic rings. The Balaban J connectivity index is -0.000000135. The van der Waals surface area contributed by atoms with Gasteiger partial charge >= 0.3 is 59.1 Å². The number of hydrogen-bond donors (Lipinski definition) is 0. The van der Waals surface area contributed by atoms with Gasteiger partial charge in [-0.15, -0.1) is 0 Å². The minimum absolute atomic E-state index is 0. The quantitative estimate of drug-likeness (QED) is 0.330. The predicted molar refractivity (Wildman–Crippen MR) is 32.1 cm³/mol. The molecule has 13 heavy (non-hydrogen) atoms. The molecule has 66 valence electrons. The average Bonchev–Trinajstić information content (AvgIpc) is 1.79. The smallest absolute Gasteiger partial charge is 0.550 e. The molecule has 0 amide bonds. The summed E-state index contributed by atoms with van der Waals surface area (Å²) in [6.45, 7) is 0. The van der Waals surface area contributed by atoms with Crippen LogP contribution in [0.3, 0.4) is 0 Å². The zero-order valence-electron chi connectivity index (χ0n) is 7.96. The van der Waals surface area contributed by atoms with Crippen LogP contribution in [0.1, 0.15) is 25.7 Å². The van der Waals surface area contributed by atoms with E-state index >= 15 is 0 Å². The van der Waals surface area contributed by atoms with Crippen molar-refractivity contribution in [1.29, 1.82) is 0 Å². The van der Waals surface area contributed by atoms with E-state index in [1.54, 1.807) is 0 Å². The van der Waals surface area contributed by atoms with E-state index in [1.807, 2.05) is 0 Å². The van der Waals surface area contributed by atoms with Gasteiger partial charge in [-0.25, -0.2) is 0 Å². The van der Waals surface area contributed by atoms with Gasteiger partial charge in [-0.2, -0.15) is 0 Å². The molecular weight excluding hydrogens is 198 g/mol. The van der Waals surface area contributed by atoms with E-state index in [4.69, 9.17) is 0 Å². The number of carbonyl (C=O) groups excluding carboxylic acids is 2. The van der Waals surface area contributed by atoms with E-state index in [0.717, 1.165) is 0 Å². The molecule has 0 aromatic heterocycles. The van der Waals surface area contributed by atoms with Crippen LogP contribution in [0, 0.1) is 0 Å². The van der Waals surface area contributed by atoms with Crippen molar-refractivity contribution < 1.29 is 84.4 Å². The van der Waals surface area contributed by atoms with Gasteiger partial charge in [-0.05, 0) is 25.7 Å². The van der Waals surface area contributed by atoms with E-state index < -0.39 is 11.9 Å². The predicted octanol–water partition coefficient (Wildman–Crippen LogP) is -8.77. The molecule has 0 saturated carbocycles. The minimum atomic E-state index is -1.14. The standard InChI is InChI=1S/C6H10O4.2Na.H2O/c7-5(8)3-1-2-4-6(9)10;;;/h1-4H2,(H,7,8)(H,9,10);;;1H2/q;2*+1;/p-2. The van der Waals surface area contributed by atoms with Crippen LogP contribution in [0.5, 0.6) is 0 Å². The van der Waals surface area contributed by atoms with Gasteiger partial charge in [-0.1, -0.05) is 0 Å². The molecule has 0 bridgehead atoms. The second kappa shape index (κ2) is 15.4. The summed E-state index contributed by atoms with van der Waals surface area (Å²) in [6.07, 6.45) is 0.535. The Kier molecular flexibility index (Phi) is 27.9. The third-order valence-electron chi connectivity index (χ3n) is 1.01. The van der Waals surface area contributed by atoms with Crippen molar-refractivity contribution in [2.75, 3.05) is 0 Å². The third-order valence-corrected chi connectivity index (χ3v) is 1.01. The second-order valence-corrected chi connectivity index (χ2v) is 1.95. The number of rotatable bonds is 5.